The molecule has 1 fully saturated rings. The van der Waals surface area contributed by atoms with Crippen LogP contribution in [0.15, 0.2) is 24.3 Å². The van der Waals surface area contributed by atoms with Gasteiger partial charge in [0.15, 0.2) is 5.11 Å². The van der Waals surface area contributed by atoms with E-state index in [1.54, 1.807) is 12.1 Å². The van der Waals surface area contributed by atoms with Gasteiger partial charge in [0.05, 0.1) is 11.0 Å². The van der Waals surface area contributed by atoms with Crippen molar-refractivity contribution in [2.75, 3.05) is 25.5 Å². The van der Waals surface area contributed by atoms with Gasteiger partial charge in [0.25, 0.3) is 5.69 Å². The Morgan fingerprint density at radius 3 is 2.80 bits per heavy atom. The van der Waals surface area contributed by atoms with Gasteiger partial charge in [-0.2, -0.15) is 0 Å². The zero-order valence-corrected chi connectivity index (χ0v) is 12.1. The van der Waals surface area contributed by atoms with Crippen LogP contribution in [0.25, 0.3) is 0 Å². The van der Waals surface area contributed by atoms with Crippen molar-refractivity contribution in [1.29, 1.82) is 0 Å². The summed E-state index contributed by atoms with van der Waals surface area (Å²) in [6.45, 7) is 1.57. The molecule has 20 heavy (non-hydrogen) atoms. The first-order chi connectivity index (χ1) is 9.56. The van der Waals surface area contributed by atoms with E-state index >= 15 is 0 Å². The minimum Gasteiger partial charge on any atom is -0.376 e. The number of nitrogens with zero attached hydrogens (tertiary/aromatic N) is 2. The predicted molar refractivity (Wildman–Crippen MR) is 80.9 cm³/mol. The number of hydrogen-bond acceptors (Lipinski definition) is 4. The molecule has 0 saturated carbocycles. The topological polar surface area (TPSA) is 67.6 Å². The Bertz CT molecular complexity index is 486. The molecule has 0 aliphatic carbocycles. The number of likely N-dealkylation sites (N-methyl/N-ethyl adjacent to an activating group) is 1. The molecule has 7 heteroatoms. The molecule has 1 aliphatic rings. The summed E-state index contributed by atoms with van der Waals surface area (Å²) in [6.07, 6.45) is 2.39. The number of nitro benzene ring substituents is 1. The molecule has 0 radical (unpaired) electrons. The Hall–Kier alpha value is -1.73. The van der Waals surface area contributed by atoms with Gasteiger partial charge in [-0.3, -0.25) is 10.1 Å². The minimum atomic E-state index is -0.425. The second-order valence-corrected chi connectivity index (χ2v) is 5.14. The van der Waals surface area contributed by atoms with Crippen LogP contribution in [-0.2, 0) is 4.74 Å². The maximum atomic E-state index is 10.6. The van der Waals surface area contributed by atoms with E-state index in [9.17, 15) is 10.1 Å². The van der Waals surface area contributed by atoms with Crippen LogP contribution in [0.3, 0.4) is 0 Å². The summed E-state index contributed by atoms with van der Waals surface area (Å²) in [7, 11) is 1.91. The smallest absolute Gasteiger partial charge is 0.269 e. The summed E-state index contributed by atoms with van der Waals surface area (Å²) < 4.78 is 5.56. The standard InChI is InChI=1S/C13H17N3O3S/c1-15(9-12-3-2-8-19-12)13(20)14-10-4-6-11(7-5-10)16(17)18/h4-7,12H,2-3,8-9H2,1H3,(H,14,20)/t12-/m1/s1. The second-order valence-electron chi connectivity index (χ2n) is 4.75. The molecule has 1 atom stereocenters. The highest BCUT2D eigenvalue weighted by molar-refractivity contribution is 7.80. The van der Waals surface area contributed by atoms with Crippen molar-refractivity contribution in [3.8, 4) is 0 Å². The van der Waals surface area contributed by atoms with E-state index in [1.165, 1.54) is 12.1 Å². The molecule has 108 valence electrons. The van der Waals surface area contributed by atoms with Crippen LogP contribution in [-0.4, -0.2) is 41.2 Å². The third-order valence-corrected chi connectivity index (χ3v) is 3.59. The number of non-ortho nitro benzene ring substituents is 1. The van der Waals surface area contributed by atoms with Gasteiger partial charge in [0.1, 0.15) is 0 Å². The highest BCUT2D eigenvalue weighted by atomic mass is 32.1. The van der Waals surface area contributed by atoms with Crippen LogP contribution in [0.1, 0.15) is 12.8 Å². The zero-order valence-electron chi connectivity index (χ0n) is 11.2. The summed E-state index contributed by atoms with van der Waals surface area (Å²) in [5.74, 6) is 0. The van der Waals surface area contributed by atoms with Crippen molar-refractivity contribution in [1.82, 2.24) is 4.90 Å². The first-order valence-electron chi connectivity index (χ1n) is 6.44. The molecular formula is C13H17N3O3S. The quantitative estimate of drug-likeness (QED) is 0.522. The number of anilines is 1. The Morgan fingerprint density at radius 1 is 1.55 bits per heavy atom. The Labute approximate surface area is 122 Å². The van der Waals surface area contributed by atoms with Crippen molar-refractivity contribution in [2.45, 2.75) is 18.9 Å². The van der Waals surface area contributed by atoms with Gasteiger partial charge in [-0.1, -0.05) is 0 Å². The molecular weight excluding hydrogens is 278 g/mol. The third-order valence-electron chi connectivity index (χ3n) is 3.18. The SMILES string of the molecule is CN(C[C@H]1CCCO1)C(=S)Nc1ccc([N+](=O)[O-])cc1. The van der Waals surface area contributed by atoms with E-state index in [1.807, 2.05) is 11.9 Å². The van der Waals surface area contributed by atoms with E-state index in [0.29, 0.717) is 5.11 Å². The number of ether oxygens (including phenoxy) is 1. The van der Waals surface area contributed by atoms with Crippen LogP contribution in [0, 0.1) is 10.1 Å². The van der Waals surface area contributed by atoms with Gasteiger partial charge in [-0.25, -0.2) is 0 Å². The lowest BCUT2D eigenvalue weighted by molar-refractivity contribution is -0.384. The number of rotatable bonds is 4. The highest BCUT2D eigenvalue weighted by Crippen LogP contribution is 2.17. The first kappa shape index (κ1) is 14.7. The lowest BCUT2D eigenvalue weighted by Gasteiger charge is -2.23. The van der Waals surface area contributed by atoms with Crippen LogP contribution in [0.2, 0.25) is 0 Å². The van der Waals surface area contributed by atoms with Gasteiger partial charge in [0.2, 0.25) is 0 Å². The van der Waals surface area contributed by atoms with Crippen molar-refractivity contribution < 1.29 is 9.66 Å². The summed E-state index contributed by atoms with van der Waals surface area (Å²) in [5, 5.41) is 14.2. The fraction of sp³-hybridized carbons (Fsp3) is 0.462. The molecule has 1 aromatic carbocycles. The molecule has 0 amide bonds. The largest absolute Gasteiger partial charge is 0.376 e. The van der Waals surface area contributed by atoms with E-state index < -0.39 is 4.92 Å². The first-order valence-corrected chi connectivity index (χ1v) is 6.85. The summed E-state index contributed by atoms with van der Waals surface area (Å²) in [6, 6.07) is 6.19. The summed E-state index contributed by atoms with van der Waals surface area (Å²) in [4.78, 5) is 12.1. The lowest BCUT2D eigenvalue weighted by atomic mass is 10.2. The van der Waals surface area contributed by atoms with Crippen molar-refractivity contribution in [2.24, 2.45) is 0 Å². The van der Waals surface area contributed by atoms with Gasteiger partial charge < -0.3 is 15.0 Å². The van der Waals surface area contributed by atoms with Crippen LogP contribution < -0.4 is 5.32 Å². The van der Waals surface area contributed by atoms with E-state index in [4.69, 9.17) is 17.0 Å². The Balaban J connectivity index is 1.87. The second kappa shape index (κ2) is 6.62. The number of nitro groups is 1. The Kier molecular flexibility index (Phi) is 4.86. The molecule has 2 rings (SSSR count). The number of thiocarbonyl (C=S) groups is 1. The molecule has 0 spiro atoms. The molecule has 1 aromatic rings. The van der Waals surface area contributed by atoms with Gasteiger partial charge in [0, 0.05) is 38.0 Å². The van der Waals surface area contributed by atoms with Crippen LogP contribution in [0.4, 0.5) is 11.4 Å². The van der Waals surface area contributed by atoms with E-state index in [2.05, 4.69) is 5.32 Å². The molecule has 6 nitrogen and oxygen atoms in total. The molecule has 1 heterocycles. The average Bonchev–Trinajstić information content (AvgIpc) is 2.92. The molecule has 0 aromatic heterocycles. The summed E-state index contributed by atoms with van der Waals surface area (Å²) >= 11 is 5.30. The van der Waals surface area contributed by atoms with Gasteiger partial charge in [-0.05, 0) is 37.2 Å². The Morgan fingerprint density at radius 2 is 2.25 bits per heavy atom. The van der Waals surface area contributed by atoms with Crippen LogP contribution >= 0.6 is 12.2 Å². The molecule has 0 bridgehead atoms. The predicted octanol–water partition coefficient (Wildman–Crippen LogP) is 2.40. The van der Waals surface area contributed by atoms with E-state index in [-0.39, 0.29) is 11.8 Å². The lowest BCUT2D eigenvalue weighted by Crippen LogP contribution is -2.36. The molecule has 1 aliphatic heterocycles. The van der Waals surface area contributed by atoms with E-state index in [0.717, 1.165) is 31.7 Å². The number of benzene rings is 1. The van der Waals surface area contributed by atoms with Crippen molar-refractivity contribution in [3.05, 3.63) is 34.4 Å². The van der Waals surface area contributed by atoms with Crippen molar-refractivity contribution >= 4 is 28.7 Å². The molecule has 0 unspecified atom stereocenters. The van der Waals surface area contributed by atoms with Crippen molar-refractivity contribution in [3.63, 3.8) is 0 Å². The maximum Gasteiger partial charge on any atom is 0.269 e. The normalized spacial score (nSPS) is 17.8. The highest BCUT2D eigenvalue weighted by Gasteiger charge is 2.18. The maximum absolute atomic E-state index is 10.6. The number of nitrogens with one attached hydrogen (secondary N) is 1. The zero-order chi connectivity index (χ0) is 14.5. The summed E-state index contributed by atoms with van der Waals surface area (Å²) in [5.41, 5.74) is 0.800. The average molecular weight is 295 g/mol. The number of hydrogen-bond donors (Lipinski definition) is 1. The molecule has 1 saturated heterocycles. The monoisotopic (exact) mass is 295 g/mol. The third kappa shape index (κ3) is 3.88. The fourth-order valence-electron chi connectivity index (χ4n) is 2.06. The van der Waals surface area contributed by atoms with Crippen LogP contribution in [0.5, 0.6) is 0 Å². The molecule has 1 N–H and O–H groups in total. The van der Waals surface area contributed by atoms with Gasteiger partial charge >= 0.3 is 0 Å². The fourth-order valence-corrected chi connectivity index (χ4v) is 2.25. The van der Waals surface area contributed by atoms with Gasteiger partial charge in [-0.15, -0.1) is 0 Å². The minimum absolute atomic E-state index is 0.0641.